The Morgan fingerprint density at radius 1 is 1.56 bits per heavy atom. The van der Waals surface area contributed by atoms with Crippen LogP contribution in [0.15, 0.2) is 0 Å². The van der Waals surface area contributed by atoms with E-state index in [1.165, 1.54) is 11.3 Å². The first-order valence-electron chi connectivity index (χ1n) is 5.07. The summed E-state index contributed by atoms with van der Waals surface area (Å²) in [6.45, 7) is 2.89. The molecule has 1 amide bonds. The molecule has 0 aliphatic rings. The third-order valence-electron chi connectivity index (χ3n) is 2.07. The fourth-order valence-electron chi connectivity index (χ4n) is 1.27. The average Bonchev–Trinajstić information content (AvgIpc) is 2.62. The van der Waals surface area contributed by atoms with Gasteiger partial charge in [-0.2, -0.15) is 0 Å². The Morgan fingerprint density at radius 3 is 2.75 bits per heavy atom. The molecular weight excluding hydrogens is 226 g/mol. The number of methoxy groups -OCH3 is 1. The van der Waals surface area contributed by atoms with Gasteiger partial charge in [-0.3, -0.25) is 4.79 Å². The van der Waals surface area contributed by atoms with Crippen LogP contribution < -0.4 is 21.1 Å². The zero-order valence-electron chi connectivity index (χ0n) is 9.72. The van der Waals surface area contributed by atoms with E-state index in [4.69, 9.17) is 10.5 Å². The molecule has 1 aromatic rings. The van der Waals surface area contributed by atoms with Gasteiger partial charge >= 0.3 is 0 Å². The fraction of sp³-hybridized carbons (Fsp3) is 0.500. The standard InChI is InChI=1S/C10H17N3O2S/c1-4-5-13-10-7(15-3)6(11)8(16-10)9(14)12-2/h13H,4-5,11H2,1-3H3,(H,12,14). The van der Waals surface area contributed by atoms with Crippen molar-refractivity contribution in [1.29, 1.82) is 0 Å². The molecule has 0 unspecified atom stereocenters. The highest BCUT2D eigenvalue weighted by molar-refractivity contribution is 7.19. The van der Waals surface area contributed by atoms with Gasteiger partial charge in [0.1, 0.15) is 15.6 Å². The summed E-state index contributed by atoms with van der Waals surface area (Å²) in [5.41, 5.74) is 6.24. The van der Waals surface area contributed by atoms with E-state index in [9.17, 15) is 4.79 Å². The lowest BCUT2D eigenvalue weighted by Crippen LogP contribution is -2.17. The number of hydrogen-bond acceptors (Lipinski definition) is 5. The summed E-state index contributed by atoms with van der Waals surface area (Å²) in [5.74, 6) is 0.363. The summed E-state index contributed by atoms with van der Waals surface area (Å²) >= 11 is 1.31. The van der Waals surface area contributed by atoms with Crippen LogP contribution in [-0.4, -0.2) is 26.6 Å². The molecule has 0 aliphatic carbocycles. The topological polar surface area (TPSA) is 76.4 Å². The molecule has 0 aliphatic heterocycles. The van der Waals surface area contributed by atoms with Gasteiger partial charge < -0.3 is 21.1 Å². The van der Waals surface area contributed by atoms with E-state index >= 15 is 0 Å². The molecule has 6 heteroatoms. The van der Waals surface area contributed by atoms with Crippen LogP contribution in [-0.2, 0) is 0 Å². The lowest BCUT2D eigenvalue weighted by Gasteiger charge is -2.04. The first-order valence-corrected chi connectivity index (χ1v) is 5.89. The third kappa shape index (κ3) is 2.38. The predicted molar refractivity (Wildman–Crippen MR) is 67.5 cm³/mol. The molecule has 4 N–H and O–H groups in total. The van der Waals surface area contributed by atoms with Crippen molar-refractivity contribution in [3.8, 4) is 5.75 Å². The number of carbonyl (C=O) groups excluding carboxylic acids is 1. The van der Waals surface area contributed by atoms with Gasteiger partial charge in [0, 0.05) is 13.6 Å². The molecular formula is C10H17N3O2S. The monoisotopic (exact) mass is 243 g/mol. The number of anilines is 2. The largest absolute Gasteiger partial charge is 0.492 e. The summed E-state index contributed by atoms with van der Waals surface area (Å²) in [7, 11) is 3.12. The SMILES string of the molecule is CCCNc1sc(C(=O)NC)c(N)c1OC. The third-order valence-corrected chi connectivity index (χ3v) is 3.22. The lowest BCUT2D eigenvalue weighted by molar-refractivity contribution is 0.0967. The van der Waals surface area contributed by atoms with Gasteiger partial charge in [-0.1, -0.05) is 6.92 Å². The summed E-state index contributed by atoms with van der Waals surface area (Å²) < 4.78 is 5.19. The van der Waals surface area contributed by atoms with Crippen LogP contribution in [0, 0.1) is 0 Å². The lowest BCUT2D eigenvalue weighted by atomic mass is 10.3. The van der Waals surface area contributed by atoms with Crippen LogP contribution in [0.4, 0.5) is 10.7 Å². The predicted octanol–water partition coefficient (Wildman–Crippen LogP) is 1.52. The number of nitrogen functional groups attached to an aromatic ring is 1. The van der Waals surface area contributed by atoms with Crippen LogP contribution >= 0.6 is 11.3 Å². The molecule has 1 rings (SSSR count). The Labute approximate surface area is 99.0 Å². The van der Waals surface area contributed by atoms with Gasteiger partial charge in [-0.15, -0.1) is 11.3 Å². The molecule has 1 aromatic heterocycles. The second kappa shape index (κ2) is 5.60. The zero-order chi connectivity index (χ0) is 12.1. The minimum Gasteiger partial charge on any atom is -0.492 e. The molecule has 5 nitrogen and oxygen atoms in total. The van der Waals surface area contributed by atoms with Crippen molar-refractivity contribution in [2.75, 3.05) is 31.8 Å². The maximum Gasteiger partial charge on any atom is 0.263 e. The van der Waals surface area contributed by atoms with Crippen LogP contribution in [0.25, 0.3) is 0 Å². The van der Waals surface area contributed by atoms with Crippen molar-refractivity contribution in [3.05, 3.63) is 4.88 Å². The smallest absolute Gasteiger partial charge is 0.263 e. The van der Waals surface area contributed by atoms with Crippen molar-refractivity contribution >= 4 is 27.9 Å². The quantitative estimate of drug-likeness (QED) is 0.733. The summed E-state index contributed by atoms with van der Waals surface area (Å²) in [6, 6.07) is 0. The normalized spacial score (nSPS) is 9.94. The fourth-order valence-corrected chi connectivity index (χ4v) is 2.33. The highest BCUT2D eigenvalue weighted by atomic mass is 32.1. The summed E-state index contributed by atoms with van der Waals surface area (Å²) in [5, 5.41) is 6.54. The Morgan fingerprint density at radius 2 is 2.25 bits per heavy atom. The van der Waals surface area contributed by atoms with Gasteiger partial charge in [0.15, 0.2) is 5.75 Å². The van der Waals surface area contributed by atoms with E-state index in [1.54, 1.807) is 14.2 Å². The van der Waals surface area contributed by atoms with Gasteiger partial charge in [-0.05, 0) is 6.42 Å². The van der Waals surface area contributed by atoms with E-state index in [2.05, 4.69) is 17.6 Å². The van der Waals surface area contributed by atoms with Crippen molar-refractivity contribution in [2.24, 2.45) is 0 Å². The molecule has 90 valence electrons. The van der Waals surface area contributed by atoms with E-state index < -0.39 is 0 Å². The average molecular weight is 243 g/mol. The molecule has 0 bridgehead atoms. The zero-order valence-corrected chi connectivity index (χ0v) is 10.5. The van der Waals surface area contributed by atoms with E-state index in [0.29, 0.717) is 16.3 Å². The highest BCUT2D eigenvalue weighted by Gasteiger charge is 2.20. The summed E-state index contributed by atoms with van der Waals surface area (Å²) in [6.07, 6.45) is 0.996. The Bertz CT molecular complexity index is 376. The number of hydrogen-bond donors (Lipinski definition) is 3. The van der Waals surface area contributed by atoms with Gasteiger partial charge in [0.2, 0.25) is 0 Å². The van der Waals surface area contributed by atoms with E-state index in [1.807, 2.05) is 0 Å². The number of carbonyl (C=O) groups is 1. The molecule has 0 aromatic carbocycles. The second-order valence-electron chi connectivity index (χ2n) is 3.21. The van der Waals surface area contributed by atoms with Crippen LogP contribution in [0.3, 0.4) is 0 Å². The molecule has 0 radical (unpaired) electrons. The Hall–Kier alpha value is -1.43. The van der Waals surface area contributed by atoms with Crippen molar-refractivity contribution in [1.82, 2.24) is 5.32 Å². The first-order chi connectivity index (χ1) is 7.65. The minimum absolute atomic E-state index is 0.189. The Kier molecular flexibility index (Phi) is 4.42. The van der Waals surface area contributed by atoms with Crippen LogP contribution in [0.1, 0.15) is 23.0 Å². The molecule has 0 spiro atoms. The first kappa shape index (κ1) is 12.6. The number of rotatable bonds is 5. The second-order valence-corrected chi connectivity index (χ2v) is 4.23. The van der Waals surface area contributed by atoms with Gasteiger partial charge in [-0.25, -0.2) is 0 Å². The molecule has 0 saturated heterocycles. The number of nitrogens with one attached hydrogen (secondary N) is 2. The molecule has 0 saturated carbocycles. The van der Waals surface area contributed by atoms with Gasteiger partial charge in [0.25, 0.3) is 5.91 Å². The van der Waals surface area contributed by atoms with Crippen molar-refractivity contribution < 1.29 is 9.53 Å². The van der Waals surface area contributed by atoms with Crippen molar-refractivity contribution in [2.45, 2.75) is 13.3 Å². The minimum atomic E-state index is -0.189. The number of nitrogens with two attached hydrogens (primary N) is 1. The van der Waals surface area contributed by atoms with Crippen LogP contribution in [0.2, 0.25) is 0 Å². The van der Waals surface area contributed by atoms with Crippen molar-refractivity contribution in [3.63, 3.8) is 0 Å². The van der Waals surface area contributed by atoms with E-state index in [-0.39, 0.29) is 5.91 Å². The summed E-state index contributed by atoms with van der Waals surface area (Å²) in [4.78, 5) is 12.0. The number of ether oxygens (including phenoxy) is 1. The maximum atomic E-state index is 11.5. The molecule has 0 fully saturated rings. The maximum absolute atomic E-state index is 11.5. The molecule has 16 heavy (non-hydrogen) atoms. The van der Waals surface area contributed by atoms with Crippen LogP contribution in [0.5, 0.6) is 5.75 Å². The number of thiophene rings is 1. The van der Waals surface area contributed by atoms with Gasteiger partial charge in [0.05, 0.1) is 7.11 Å². The highest BCUT2D eigenvalue weighted by Crippen LogP contribution is 2.42. The Balaban J connectivity index is 3.04. The number of amides is 1. The molecule has 0 atom stereocenters. The molecule has 1 heterocycles. The van der Waals surface area contributed by atoms with E-state index in [0.717, 1.165) is 18.0 Å².